The first-order valence-corrected chi connectivity index (χ1v) is 8.78. The molecule has 22 heavy (non-hydrogen) atoms. The van der Waals surface area contributed by atoms with E-state index in [1.165, 1.54) is 12.1 Å². The van der Waals surface area contributed by atoms with Crippen LogP contribution in [0, 0.1) is 0 Å². The van der Waals surface area contributed by atoms with Gasteiger partial charge in [-0.15, -0.1) is 0 Å². The Bertz CT molecular complexity index is 566. The SMILES string of the molecule is CC(C)Oc1ccc(S(=O)(=O)NCCCCCC(=O)O)cc1. The largest absolute Gasteiger partial charge is 0.491 e. The van der Waals surface area contributed by atoms with Crippen LogP contribution in [0.3, 0.4) is 0 Å². The van der Waals surface area contributed by atoms with Gasteiger partial charge in [0.15, 0.2) is 0 Å². The van der Waals surface area contributed by atoms with Gasteiger partial charge in [0.25, 0.3) is 0 Å². The molecule has 0 unspecified atom stereocenters. The highest BCUT2D eigenvalue weighted by molar-refractivity contribution is 7.89. The number of unbranched alkanes of at least 4 members (excludes halogenated alkanes) is 2. The van der Waals surface area contributed by atoms with Crippen molar-refractivity contribution in [3.05, 3.63) is 24.3 Å². The zero-order chi connectivity index (χ0) is 16.6. The predicted octanol–water partition coefficient (Wildman–Crippen LogP) is 2.40. The van der Waals surface area contributed by atoms with Gasteiger partial charge in [-0.25, -0.2) is 13.1 Å². The van der Waals surface area contributed by atoms with Crippen molar-refractivity contribution in [2.75, 3.05) is 6.54 Å². The summed E-state index contributed by atoms with van der Waals surface area (Å²) < 4.78 is 32.1. The van der Waals surface area contributed by atoms with Gasteiger partial charge in [0.1, 0.15) is 5.75 Å². The third-order valence-corrected chi connectivity index (χ3v) is 4.34. The van der Waals surface area contributed by atoms with Crippen LogP contribution >= 0.6 is 0 Å². The Morgan fingerprint density at radius 2 is 1.82 bits per heavy atom. The Morgan fingerprint density at radius 3 is 2.36 bits per heavy atom. The monoisotopic (exact) mass is 329 g/mol. The zero-order valence-corrected chi connectivity index (χ0v) is 13.7. The standard InChI is InChI=1S/C15H23NO5S/c1-12(2)21-13-7-9-14(10-8-13)22(19,20)16-11-5-3-4-6-15(17)18/h7-10,12,16H,3-6,11H2,1-2H3,(H,17,18). The third-order valence-electron chi connectivity index (χ3n) is 2.87. The van der Waals surface area contributed by atoms with Gasteiger partial charge in [0.2, 0.25) is 10.0 Å². The molecule has 1 rings (SSSR count). The summed E-state index contributed by atoms with van der Waals surface area (Å²) in [5.41, 5.74) is 0. The van der Waals surface area contributed by atoms with E-state index >= 15 is 0 Å². The zero-order valence-electron chi connectivity index (χ0n) is 12.9. The minimum atomic E-state index is -3.53. The smallest absolute Gasteiger partial charge is 0.303 e. The fraction of sp³-hybridized carbons (Fsp3) is 0.533. The highest BCUT2D eigenvalue weighted by atomic mass is 32.2. The van der Waals surface area contributed by atoms with E-state index in [-0.39, 0.29) is 17.4 Å². The fourth-order valence-electron chi connectivity index (χ4n) is 1.84. The molecule has 1 aromatic rings. The van der Waals surface area contributed by atoms with Gasteiger partial charge in [-0.3, -0.25) is 4.79 Å². The van der Waals surface area contributed by atoms with E-state index in [4.69, 9.17) is 9.84 Å². The predicted molar refractivity (Wildman–Crippen MR) is 83.5 cm³/mol. The Labute approximate surface area is 131 Å². The molecule has 0 aliphatic heterocycles. The number of ether oxygens (including phenoxy) is 1. The van der Waals surface area contributed by atoms with Crippen molar-refractivity contribution in [3.8, 4) is 5.75 Å². The second-order valence-corrected chi connectivity index (χ2v) is 7.01. The summed E-state index contributed by atoms with van der Waals surface area (Å²) in [5, 5.41) is 8.50. The number of carboxylic acid groups (broad SMARTS) is 1. The highest BCUT2D eigenvalue weighted by Gasteiger charge is 2.13. The second-order valence-electron chi connectivity index (χ2n) is 5.24. The molecule has 1 aromatic carbocycles. The molecule has 0 aliphatic rings. The molecule has 2 N–H and O–H groups in total. The van der Waals surface area contributed by atoms with Gasteiger partial charge in [-0.1, -0.05) is 6.42 Å². The van der Waals surface area contributed by atoms with Gasteiger partial charge >= 0.3 is 5.97 Å². The first-order chi connectivity index (χ1) is 10.3. The molecule has 0 radical (unpaired) electrons. The molecule has 0 amide bonds. The number of aliphatic carboxylic acids is 1. The number of hydrogen-bond acceptors (Lipinski definition) is 4. The minimum Gasteiger partial charge on any atom is -0.491 e. The van der Waals surface area contributed by atoms with Crippen molar-refractivity contribution in [3.63, 3.8) is 0 Å². The normalized spacial score (nSPS) is 11.6. The molecule has 0 atom stereocenters. The lowest BCUT2D eigenvalue weighted by Gasteiger charge is -2.11. The van der Waals surface area contributed by atoms with Gasteiger partial charge in [-0.05, 0) is 51.0 Å². The maximum Gasteiger partial charge on any atom is 0.303 e. The first-order valence-electron chi connectivity index (χ1n) is 7.29. The number of rotatable bonds is 10. The summed E-state index contributed by atoms with van der Waals surface area (Å²) in [4.78, 5) is 10.5. The van der Waals surface area contributed by atoms with E-state index in [1.807, 2.05) is 13.8 Å². The molecule has 7 heteroatoms. The maximum absolute atomic E-state index is 12.1. The summed E-state index contributed by atoms with van der Waals surface area (Å²) in [5.74, 6) is -0.202. The molecule has 6 nitrogen and oxygen atoms in total. The number of nitrogens with one attached hydrogen (secondary N) is 1. The van der Waals surface area contributed by atoms with Crippen molar-refractivity contribution < 1.29 is 23.1 Å². The molecule has 0 spiro atoms. The molecule has 0 saturated carbocycles. The average Bonchev–Trinajstić information content (AvgIpc) is 2.42. The Morgan fingerprint density at radius 1 is 1.18 bits per heavy atom. The second kappa shape index (κ2) is 8.75. The van der Waals surface area contributed by atoms with Gasteiger partial charge in [0.05, 0.1) is 11.0 Å². The molecule has 124 valence electrons. The van der Waals surface area contributed by atoms with Crippen molar-refractivity contribution in [2.45, 2.75) is 50.5 Å². The number of benzene rings is 1. The van der Waals surface area contributed by atoms with Crippen molar-refractivity contribution in [1.29, 1.82) is 0 Å². The summed E-state index contributed by atoms with van der Waals surface area (Å²) >= 11 is 0. The fourth-order valence-corrected chi connectivity index (χ4v) is 2.91. The van der Waals surface area contributed by atoms with Crippen LogP contribution in [-0.2, 0) is 14.8 Å². The van der Waals surface area contributed by atoms with Crippen LogP contribution in [0.1, 0.15) is 39.5 Å². The lowest BCUT2D eigenvalue weighted by Crippen LogP contribution is -2.24. The van der Waals surface area contributed by atoms with Gasteiger partial charge in [0, 0.05) is 13.0 Å². The van der Waals surface area contributed by atoms with E-state index in [1.54, 1.807) is 12.1 Å². The van der Waals surface area contributed by atoms with E-state index < -0.39 is 16.0 Å². The summed E-state index contributed by atoms with van der Waals surface area (Å²) in [6.45, 7) is 4.10. The average molecular weight is 329 g/mol. The van der Waals surface area contributed by atoms with E-state index in [0.29, 0.717) is 31.6 Å². The van der Waals surface area contributed by atoms with Crippen LogP contribution in [0.5, 0.6) is 5.75 Å². The van der Waals surface area contributed by atoms with Crippen molar-refractivity contribution in [1.82, 2.24) is 4.72 Å². The number of hydrogen-bond donors (Lipinski definition) is 2. The van der Waals surface area contributed by atoms with Crippen molar-refractivity contribution >= 4 is 16.0 Å². The van der Waals surface area contributed by atoms with Crippen LogP contribution in [0.25, 0.3) is 0 Å². The molecule has 0 saturated heterocycles. The highest BCUT2D eigenvalue weighted by Crippen LogP contribution is 2.17. The molecule has 0 fully saturated rings. The number of carbonyl (C=O) groups is 1. The summed E-state index contributed by atoms with van der Waals surface area (Å²) in [7, 11) is -3.53. The van der Waals surface area contributed by atoms with Crippen LogP contribution in [0.2, 0.25) is 0 Å². The summed E-state index contributed by atoms with van der Waals surface area (Å²) in [6.07, 6.45) is 1.99. The van der Waals surface area contributed by atoms with Gasteiger partial charge in [-0.2, -0.15) is 0 Å². The summed E-state index contributed by atoms with van der Waals surface area (Å²) in [6, 6.07) is 6.26. The van der Waals surface area contributed by atoms with Crippen LogP contribution < -0.4 is 9.46 Å². The van der Waals surface area contributed by atoms with Gasteiger partial charge < -0.3 is 9.84 Å². The van der Waals surface area contributed by atoms with E-state index in [0.717, 1.165) is 0 Å². The molecular formula is C15H23NO5S. The lowest BCUT2D eigenvalue weighted by atomic mass is 10.2. The van der Waals surface area contributed by atoms with Crippen LogP contribution in [-0.4, -0.2) is 32.1 Å². The quantitative estimate of drug-likeness (QED) is 0.643. The van der Waals surface area contributed by atoms with Crippen LogP contribution in [0.15, 0.2) is 29.2 Å². The van der Waals surface area contributed by atoms with E-state index in [2.05, 4.69) is 4.72 Å². The third kappa shape index (κ3) is 6.91. The topological polar surface area (TPSA) is 92.7 Å². The number of carboxylic acids is 1. The minimum absolute atomic E-state index is 0.0337. The Kier molecular flexibility index (Phi) is 7.34. The number of sulfonamides is 1. The van der Waals surface area contributed by atoms with Crippen molar-refractivity contribution in [2.24, 2.45) is 0 Å². The lowest BCUT2D eigenvalue weighted by molar-refractivity contribution is -0.137. The Hall–Kier alpha value is -1.60. The Balaban J connectivity index is 2.44. The van der Waals surface area contributed by atoms with Crippen LogP contribution in [0.4, 0.5) is 0 Å². The van der Waals surface area contributed by atoms with E-state index in [9.17, 15) is 13.2 Å². The molecule has 0 bridgehead atoms. The molecule has 0 heterocycles. The maximum atomic E-state index is 12.1. The first kappa shape index (κ1) is 18.4. The molecule has 0 aliphatic carbocycles. The molecular weight excluding hydrogens is 306 g/mol. The molecule has 0 aromatic heterocycles.